The van der Waals surface area contributed by atoms with Gasteiger partial charge in [0.25, 0.3) is 0 Å². The number of amides is 2. The first kappa shape index (κ1) is 11.8. The van der Waals surface area contributed by atoms with E-state index in [-0.39, 0.29) is 5.95 Å². The van der Waals surface area contributed by atoms with Gasteiger partial charge in [0.2, 0.25) is 5.95 Å². The number of carbonyl (C=O) groups excluding carboxylic acids is 2. The number of H-pyrrole nitrogens is 1. The molecule has 0 unspecified atom stereocenters. The quantitative estimate of drug-likeness (QED) is 0.749. The van der Waals surface area contributed by atoms with Crippen LogP contribution in [0.15, 0.2) is 36.7 Å². The summed E-state index contributed by atoms with van der Waals surface area (Å²) in [5.74, 6) is -1.33. The first-order chi connectivity index (χ1) is 8.68. The summed E-state index contributed by atoms with van der Waals surface area (Å²) in [7, 11) is 1.53. The summed E-state index contributed by atoms with van der Waals surface area (Å²) in [6, 6.07) is 8.87. The second kappa shape index (κ2) is 5.09. The third-order valence-corrected chi connectivity index (χ3v) is 2.29. The fourth-order valence-electron chi connectivity index (χ4n) is 1.35. The molecule has 2 aromatic rings. The number of likely N-dealkylation sites (N-methyl/N-ethyl adjacent to an activating group) is 1. The zero-order valence-corrected chi connectivity index (χ0v) is 9.62. The van der Waals surface area contributed by atoms with Crippen LogP contribution in [0, 0.1) is 0 Å². The van der Waals surface area contributed by atoms with E-state index in [9.17, 15) is 9.59 Å². The lowest BCUT2D eigenvalue weighted by molar-refractivity contribution is -0.134. The van der Waals surface area contributed by atoms with Gasteiger partial charge in [0.05, 0.1) is 0 Å². The number of para-hydroxylation sites is 1. The highest BCUT2D eigenvalue weighted by Crippen LogP contribution is 2.11. The van der Waals surface area contributed by atoms with Crippen LogP contribution in [0.4, 0.5) is 11.6 Å². The monoisotopic (exact) mass is 245 g/mol. The molecule has 1 aromatic carbocycles. The van der Waals surface area contributed by atoms with E-state index in [2.05, 4.69) is 20.5 Å². The molecular weight excluding hydrogens is 234 g/mol. The molecule has 1 aromatic heterocycles. The third-order valence-electron chi connectivity index (χ3n) is 2.29. The highest BCUT2D eigenvalue weighted by molar-refractivity contribution is 6.44. The minimum absolute atomic E-state index is 0.134. The van der Waals surface area contributed by atoms with E-state index in [1.165, 1.54) is 18.3 Å². The summed E-state index contributed by atoms with van der Waals surface area (Å²) in [4.78, 5) is 28.4. The first-order valence-corrected chi connectivity index (χ1v) is 5.18. The van der Waals surface area contributed by atoms with Crippen molar-refractivity contribution in [2.24, 2.45) is 0 Å². The second-order valence-electron chi connectivity index (χ2n) is 3.49. The average Bonchev–Trinajstić information content (AvgIpc) is 2.91. The number of anilines is 2. The Kier molecular flexibility index (Phi) is 3.33. The zero-order valence-electron chi connectivity index (χ0n) is 9.62. The fourth-order valence-corrected chi connectivity index (χ4v) is 1.35. The van der Waals surface area contributed by atoms with Crippen LogP contribution in [0.2, 0.25) is 0 Å². The number of aromatic nitrogens is 3. The summed E-state index contributed by atoms with van der Waals surface area (Å²) in [5, 5.41) is 8.31. The van der Waals surface area contributed by atoms with Gasteiger partial charge in [-0.1, -0.05) is 18.2 Å². The van der Waals surface area contributed by atoms with E-state index in [0.29, 0.717) is 5.69 Å². The number of rotatable bonds is 2. The van der Waals surface area contributed by atoms with Crippen molar-refractivity contribution in [1.29, 1.82) is 0 Å². The summed E-state index contributed by atoms with van der Waals surface area (Å²) in [6.45, 7) is 0. The van der Waals surface area contributed by atoms with Crippen LogP contribution in [0.25, 0.3) is 0 Å². The second-order valence-corrected chi connectivity index (χ2v) is 3.49. The maximum atomic E-state index is 11.8. The molecule has 0 aliphatic heterocycles. The van der Waals surface area contributed by atoms with Crippen molar-refractivity contribution in [2.45, 2.75) is 0 Å². The van der Waals surface area contributed by atoms with Crippen LogP contribution in [0.1, 0.15) is 0 Å². The molecule has 0 saturated carbocycles. The number of carbonyl (C=O) groups is 2. The first-order valence-electron chi connectivity index (χ1n) is 5.18. The molecule has 2 amide bonds. The number of nitrogens with zero attached hydrogens (tertiary/aromatic N) is 3. The summed E-state index contributed by atoms with van der Waals surface area (Å²) >= 11 is 0. The highest BCUT2D eigenvalue weighted by Gasteiger charge is 2.20. The van der Waals surface area contributed by atoms with Gasteiger partial charge in [-0.2, -0.15) is 10.1 Å². The van der Waals surface area contributed by atoms with E-state index in [1.54, 1.807) is 24.3 Å². The third kappa shape index (κ3) is 2.51. The van der Waals surface area contributed by atoms with Gasteiger partial charge in [-0.25, -0.2) is 5.10 Å². The Labute approximate surface area is 103 Å². The van der Waals surface area contributed by atoms with Crippen molar-refractivity contribution in [3.63, 3.8) is 0 Å². The molecule has 0 aliphatic carbocycles. The number of aromatic amines is 1. The van der Waals surface area contributed by atoms with Crippen LogP contribution in [0.3, 0.4) is 0 Å². The Morgan fingerprint density at radius 1 is 1.28 bits per heavy atom. The molecule has 7 nitrogen and oxygen atoms in total. The predicted octanol–water partition coefficient (Wildman–Crippen LogP) is 0.406. The maximum absolute atomic E-state index is 11.8. The number of hydrogen-bond donors (Lipinski definition) is 2. The molecule has 2 rings (SSSR count). The summed E-state index contributed by atoms with van der Waals surface area (Å²) < 4.78 is 0. The highest BCUT2D eigenvalue weighted by atomic mass is 16.2. The number of benzene rings is 1. The lowest BCUT2D eigenvalue weighted by atomic mass is 10.3. The maximum Gasteiger partial charge on any atom is 0.316 e. The van der Waals surface area contributed by atoms with E-state index in [0.717, 1.165) is 0 Å². The van der Waals surface area contributed by atoms with Crippen LogP contribution >= 0.6 is 0 Å². The zero-order chi connectivity index (χ0) is 13.0. The molecular formula is C11H11N5O2. The van der Waals surface area contributed by atoms with Crippen LogP contribution < -0.4 is 10.2 Å². The molecule has 0 saturated heterocycles. The van der Waals surface area contributed by atoms with E-state index in [1.807, 2.05) is 6.07 Å². The van der Waals surface area contributed by atoms with E-state index < -0.39 is 11.8 Å². The SMILES string of the molecule is CN(C(=O)C(=O)Nc1ncn[nH]1)c1ccccc1. The van der Waals surface area contributed by atoms with Gasteiger partial charge >= 0.3 is 11.8 Å². The standard InChI is InChI=1S/C11H11N5O2/c1-16(8-5-3-2-4-6-8)10(18)9(17)14-11-12-7-13-15-11/h2-7H,1H3,(H2,12,13,14,15,17). The van der Waals surface area contributed by atoms with Gasteiger partial charge in [0, 0.05) is 12.7 Å². The average molecular weight is 245 g/mol. The normalized spacial score (nSPS) is 9.83. The van der Waals surface area contributed by atoms with Crippen molar-refractivity contribution in [3.8, 4) is 0 Å². The Morgan fingerprint density at radius 2 is 2.00 bits per heavy atom. The van der Waals surface area contributed by atoms with Crippen LogP contribution in [-0.2, 0) is 9.59 Å². The molecule has 1 heterocycles. The van der Waals surface area contributed by atoms with Crippen molar-refractivity contribution >= 4 is 23.5 Å². The Balaban J connectivity index is 2.05. The van der Waals surface area contributed by atoms with E-state index >= 15 is 0 Å². The summed E-state index contributed by atoms with van der Waals surface area (Å²) in [6.07, 6.45) is 1.24. The molecule has 2 N–H and O–H groups in total. The lowest BCUT2D eigenvalue weighted by Gasteiger charge is -2.15. The summed E-state index contributed by atoms with van der Waals surface area (Å²) in [5.41, 5.74) is 0.634. The van der Waals surface area contributed by atoms with Crippen molar-refractivity contribution in [1.82, 2.24) is 15.2 Å². The minimum Gasteiger partial charge on any atom is -0.307 e. The molecule has 18 heavy (non-hydrogen) atoms. The van der Waals surface area contributed by atoms with Gasteiger partial charge in [0.15, 0.2) is 0 Å². The van der Waals surface area contributed by atoms with Gasteiger partial charge in [-0.3, -0.25) is 14.9 Å². The Morgan fingerprint density at radius 3 is 2.61 bits per heavy atom. The predicted molar refractivity (Wildman–Crippen MR) is 64.9 cm³/mol. The molecule has 0 spiro atoms. The minimum atomic E-state index is -0.780. The van der Waals surface area contributed by atoms with Gasteiger partial charge in [0.1, 0.15) is 6.33 Å². The molecule has 0 atom stereocenters. The van der Waals surface area contributed by atoms with Crippen molar-refractivity contribution in [3.05, 3.63) is 36.7 Å². The molecule has 92 valence electrons. The van der Waals surface area contributed by atoms with Crippen molar-refractivity contribution in [2.75, 3.05) is 17.3 Å². The van der Waals surface area contributed by atoms with Crippen LogP contribution in [-0.4, -0.2) is 34.0 Å². The largest absolute Gasteiger partial charge is 0.316 e. The number of nitrogens with one attached hydrogen (secondary N) is 2. The fraction of sp³-hybridized carbons (Fsp3) is 0.0909. The van der Waals surface area contributed by atoms with Gasteiger partial charge in [-0.15, -0.1) is 0 Å². The van der Waals surface area contributed by atoms with Crippen LogP contribution in [0.5, 0.6) is 0 Å². The smallest absolute Gasteiger partial charge is 0.307 e. The van der Waals surface area contributed by atoms with Gasteiger partial charge < -0.3 is 4.90 Å². The molecule has 0 radical (unpaired) electrons. The Bertz CT molecular complexity index is 538. The molecule has 0 aliphatic rings. The number of hydrogen-bond acceptors (Lipinski definition) is 4. The van der Waals surface area contributed by atoms with E-state index in [4.69, 9.17) is 0 Å². The molecule has 7 heteroatoms. The van der Waals surface area contributed by atoms with Gasteiger partial charge in [-0.05, 0) is 12.1 Å². The van der Waals surface area contributed by atoms with Crippen molar-refractivity contribution < 1.29 is 9.59 Å². The Hall–Kier alpha value is -2.70. The lowest BCUT2D eigenvalue weighted by Crippen LogP contribution is -2.37. The molecule has 0 bridgehead atoms. The topological polar surface area (TPSA) is 91.0 Å². The molecule has 0 fully saturated rings.